The molecule has 10 heteroatoms. The number of amides is 3. The lowest BCUT2D eigenvalue weighted by Gasteiger charge is -2.41. The first-order valence-electron chi connectivity index (χ1n) is 11.2. The van der Waals surface area contributed by atoms with E-state index in [4.69, 9.17) is 0 Å². The highest BCUT2D eigenvalue weighted by atomic mass is 32.2. The molecule has 2 N–H and O–H groups in total. The van der Waals surface area contributed by atoms with Crippen LogP contribution >= 0.6 is 0 Å². The van der Waals surface area contributed by atoms with Crippen LogP contribution in [0.2, 0.25) is 0 Å². The van der Waals surface area contributed by atoms with Gasteiger partial charge in [0.2, 0.25) is 15.9 Å². The molecule has 2 rings (SSSR count). The Bertz CT molecular complexity index is 878. The van der Waals surface area contributed by atoms with Crippen molar-refractivity contribution in [2.24, 2.45) is 5.92 Å². The molecule has 0 aliphatic carbocycles. The van der Waals surface area contributed by atoms with E-state index in [2.05, 4.69) is 17.0 Å². The van der Waals surface area contributed by atoms with Crippen LogP contribution in [0, 0.1) is 11.7 Å². The third kappa shape index (κ3) is 6.65. The van der Waals surface area contributed by atoms with Crippen molar-refractivity contribution >= 4 is 22.0 Å². The van der Waals surface area contributed by atoms with Crippen LogP contribution in [0.25, 0.3) is 0 Å². The monoisotopic (exact) mass is 470 g/mol. The van der Waals surface area contributed by atoms with Crippen LogP contribution in [0.4, 0.5) is 9.18 Å². The van der Waals surface area contributed by atoms with E-state index in [1.807, 2.05) is 20.8 Å². The molecule has 1 fully saturated rings. The fourth-order valence-electron chi connectivity index (χ4n) is 3.62. The maximum absolute atomic E-state index is 13.3. The van der Waals surface area contributed by atoms with Crippen LogP contribution in [-0.4, -0.2) is 68.4 Å². The minimum atomic E-state index is -4.00. The van der Waals surface area contributed by atoms with Gasteiger partial charge in [0.1, 0.15) is 11.9 Å². The minimum absolute atomic E-state index is 0.0954. The van der Waals surface area contributed by atoms with Crippen molar-refractivity contribution in [1.29, 1.82) is 0 Å². The number of piperazine rings is 1. The first kappa shape index (κ1) is 26.1. The summed E-state index contributed by atoms with van der Waals surface area (Å²) in [5.74, 6) is -1.10. The Balaban J connectivity index is 2.10. The quantitative estimate of drug-likeness (QED) is 0.542. The van der Waals surface area contributed by atoms with Crippen LogP contribution in [0.1, 0.15) is 47.0 Å². The van der Waals surface area contributed by atoms with Gasteiger partial charge in [-0.3, -0.25) is 4.79 Å². The summed E-state index contributed by atoms with van der Waals surface area (Å²) in [7, 11) is -4.00. The van der Waals surface area contributed by atoms with E-state index in [0.29, 0.717) is 32.6 Å². The Morgan fingerprint density at radius 3 is 2.41 bits per heavy atom. The Kier molecular flexibility index (Phi) is 9.45. The molecule has 0 saturated carbocycles. The molecule has 3 amide bonds. The highest BCUT2D eigenvalue weighted by Gasteiger charge is 2.36. The zero-order valence-electron chi connectivity index (χ0n) is 19.3. The van der Waals surface area contributed by atoms with Crippen LogP contribution < -0.4 is 10.0 Å². The molecule has 1 aliphatic rings. The summed E-state index contributed by atoms with van der Waals surface area (Å²) in [6.45, 7) is 9.28. The van der Waals surface area contributed by atoms with Gasteiger partial charge < -0.3 is 15.1 Å². The number of unbranched alkanes of at least 4 members (excludes halogenated alkanes) is 1. The number of nitrogens with zero attached hydrogens (tertiary/aromatic N) is 2. The molecule has 1 aromatic carbocycles. The normalized spacial score (nSPS) is 18.8. The van der Waals surface area contributed by atoms with E-state index in [-0.39, 0.29) is 28.8 Å². The number of rotatable bonds is 9. The van der Waals surface area contributed by atoms with Crippen molar-refractivity contribution in [3.05, 3.63) is 30.1 Å². The van der Waals surface area contributed by atoms with E-state index in [1.165, 1.54) is 12.1 Å². The van der Waals surface area contributed by atoms with Gasteiger partial charge in [-0.25, -0.2) is 17.6 Å². The Morgan fingerprint density at radius 2 is 1.84 bits per heavy atom. The predicted molar refractivity (Wildman–Crippen MR) is 121 cm³/mol. The zero-order valence-corrected chi connectivity index (χ0v) is 20.1. The fourth-order valence-corrected chi connectivity index (χ4v) is 4.92. The number of hydrogen-bond acceptors (Lipinski definition) is 4. The average molecular weight is 471 g/mol. The first-order chi connectivity index (χ1) is 15.1. The SMILES string of the molecule is CCCCNC(=O)N1CCN(C(=O)C(NS(=O)(=O)c2ccc(F)cc2)C(C)CC)CC1C. The lowest BCUT2D eigenvalue weighted by atomic mass is 9.98. The average Bonchev–Trinajstić information content (AvgIpc) is 2.76. The van der Waals surface area contributed by atoms with Crippen LogP contribution in [0.3, 0.4) is 0 Å². The zero-order chi connectivity index (χ0) is 23.9. The van der Waals surface area contributed by atoms with E-state index in [9.17, 15) is 22.4 Å². The number of nitrogens with one attached hydrogen (secondary N) is 2. The second-order valence-corrected chi connectivity index (χ2v) is 10.1. The fraction of sp³-hybridized carbons (Fsp3) is 0.636. The van der Waals surface area contributed by atoms with Gasteiger partial charge in [0.25, 0.3) is 0 Å². The highest BCUT2D eigenvalue weighted by molar-refractivity contribution is 7.89. The number of halogens is 1. The van der Waals surface area contributed by atoms with E-state index < -0.39 is 21.9 Å². The van der Waals surface area contributed by atoms with Gasteiger partial charge in [-0.15, -0.1) is 0 Å². The molecular formula is C22H35FN4O4S. The number of hydrogen-bond donors (Lipinski definition) is 2. The maximum atomic E-state index is 13.3. The predicted octanol–water partition coefficient (Wildman–Crippen LogP) is 2.56. The molecule has 32 heavy (non-hydrogen) atoms. The lowest BCUT2D eigenvalue weighted by Crippen LogP contribution is -2.61. The van der Waals surface area contributed by atoms with Gasteiger partial charge in [0.15, 0.2) is 0 Å². The molecule has 0 radical (unpaired) electrons. The molecule has 8 nitrogen and oxygen atoms in total. The summed E-state index contributed by atoms with van der Waals surface area (Å²) in [5, 5.41) is 2.90. The molecule has 1 aromatic rings. The van der Waals surface area contributed by atoms with Crippen molar-refractivity contribution in [1.82, 2.24) is 19.8 Å². The molecule has 0 spiro atoms. The molecule has 0 bridgehead atoms. The smallest absolute Gasteiger partial charge is 0.317 e. The second-order valence-electron chi connectivity index (χ2n) is 8.35. The van der Waals surface area contributed by atoms with E-state index >= 15 is 0 Å². The Hall–Kier alpha value is -2.20. The lowest BCUT2D eigenvalue weighted by molar-refractivity contribution is -0.136. The van der Waals surface area contributed by atoms with Gasteiger partial charge in [0, 0.05) is 32.2 Å². The molecule has 180 valence electrons. The summed E-state index contributed by atoms with van der Waals surface area (Å²) >= 11 is 0. The minimum Gasteiger partial charge on any atom is -0.338 e. The van der Waals surface area contributed by atoms with Crippen molar-refractivity contribution in [2.75, 3.05) is 26.2 Å². The topological polar surface area (TPSA) is 98.8 Å². The first-order valence-corrected chi connectivity index (χ1v) is 12.7. The molecule has 1 aliphatic heterocycles. The van der Waals surface area contributed by atoms with Crippen LogP contribution in [-0.2, 0) is 14.8 Å². The summed E-state index contributed by atoms with van der Waals surface area (Å²) in [4.78, 5) is 29.0. The Labute approximate surface area is 190 Å². The number of carbonyl (C=O) groups is 2. The van der Waals surface area contributed by atoms with E-state index in [1.54, 1.807) is 9.80 Å². The number of sulfonamides is 1. The van der Waals surface area contributed by atoms with E-state index in [0.717, 1.165) is 25.0 Å². The van der Waals surface area contributed by atoms with Crippen molar-refractivity contribution < 1.29 is 22.4 Å². The van der Waals surface area contributed by atoms with Crippen molar-refractivity contribution in [2.45, 2.75) is 63.9 Å². The van der Waals surface area contributed by atoms with Gasteiger partial charge in [0.05, 0.1) is 4.90 Å². The van der Waals surface area contributed by atoms with Crippen LogP contribution in [0.5, 0.6) is 0 Å². The number of urea groups is 1. The van der Waals surface area contributed by atoms with Crippen molar-refractivity contribution in [3.63, 3.8) is 0 Å². The molecule has 1 heterocycles. The van der Waals surface area contributed by atoms with Gasteiger partial charge in [-0.2, -0.15) is 4.72 Å². The summed E-state index contributed by atoms with van der Waals surface area (Å²) in [6, 6.07) is 3.20. The summed E-state index contributed by atoms with van der Waals surface area (Å²) in [6.07, 6.45) is 2.49. The molecular weight excluding hydrogens is 435 g/mol. The standard InChI is InChI=1S/C22H35FN4O4S/c1-5-7-12-24-22(29)27-14-13-26(15-17(27)4)21(28)20(16(3)6-2)25-32(30,31)19-10-8-18(23)9-11-19/h8-11,16-17,20,25H,5-7,12-15H2,1-4H3,(H,24,29). The Morgan fingerprint density at radius 1 is 1.19 bits per heavy atom. The van der Waals surface area contributed by atoms with Gasteiger partial charge in [-0.05, 0) is 43.5 Å². The molecule has 0 aromatic heterocycles. The molecule has 1 saturated heterocycles. The summed E-state index contributed by atoms with van der Waals surface area (Å²) in [5.41, 5.74) is 0. The molecule has 3 atom stereocenters. The number of benzene rings is 1. The van der Waals surface area contributed by atoms with Gasteiger partial charge >= 0.3 is 6.03 Å². The summed E-state index contributed by atoms with van der Waals surface area (Å²) < 4.78 is 41.4. The third-order valence-corrected chi connectivity index (χ3v) is 7.35. The number of carbonyl (C=O) groups excluding carboxylic acids is 2. The van der Waals surface area contributed by atoms with Crippen LogP contribution in [0.15, 0.2) is 29.2 Å². The van der Waals surface area contributed by atoms with Gasteiger partial charge in [-0.1, -0.05) is 33.6 Å². The maximum Gasteiger partial charge on any atom is 0.317 e. The molecule has 3 unspecified atom stereocenters. The largest absolute Gasteiger partial charge is 0.338 e. The second kappa shape index (κ2) is 11.6. The highest BCUT2D eigenvalue weighted by Crippen LogP contribution is 2.19. The van der Waals surface area contributed by atoms with Crippen molar-refractivity contribution in [3.8, 4) is 0 Å². The third-order valence-electron chi connectivity index (χ3n) is 5.89.